The van der Waals surface area contributed by atoms with E-state index in [2.05, 4.69) is 0 Å². The quantitative estimate of drug-likeness (QED) is 0.654. The number of esters is 1. The van der Waals surface area contributed by atoms with E-state index in [0.29, 0.717) is 0 Å². The number of rotatable bonds is 2. The van der Waals surface area contributed by atoms with E-state index < -0.39 is 0 Å². The monoisotopic (exact) mass is 184 g/mol. The number of ether oxygens (including phenoxy) is 1. The lowest BCUT2D eigenvalue weighted by atomic mass is 9.82. The van der Waals surface area contributed by atoms with Gasteiger partial charge in [0.25, 0.3) is 0 Å². The van der Waals surface area contributed by atoms with Gasteiger partial charge >= 0.3 is 5.97 Å². The van der Waals surface area contributed by atoms with Crippen molar-refractivity contribution in [2.45, 2.75) is 32.1 Å². The van der Waals surface area contributed by atoms with Gasteiger partial charge in [0, 0.05) is 6.61 Å². The molecule has 2 aliphatic carbocycles. The molecule has 2 bridgehead atoms. The van der Waals surface area contributed by atoms with Crippen molar-refractivity contribution in [1.82, 2.24) is 0 Å². The highest BCUT2D eigenvalue weighted by atomic mass is 16.5. The molecule has 0 radical (unpaired) electrons. The van der Waals surface area contributed by atoms with E-state index in [1.165, 1.54) is 7.11 Å². The van der Waals surface area contributed by atoms with Crippen LogP contribution < -0.4 is 0 Å². The second kappa shape index (κ2) is 2.71. The summed E-state index contributed by atoms with van der Waals surface area (Å²) in [6, 6.07) is 0. The van der Waals surface area contributed by atoms with Crippen LogP contribution in [0.5, 0.6) is 0 Å². The predicted octanol–water partition coefficient (Wildman–Crippen LogP) is 1.10. The molecule has 2 aliphatic rings. The van der Waals surface area contributed by atoms with Gasteiger partial charge in [-0.2, -0.15) is 0 Å². The summed E-state index contributed by atoms with van der Waals surface area (Å²) >= 11 is 0. The largest absolute Gasteiger partial charge is 0.469 e. The molecule has 74 valence electrons. The van der Waals surface area contributed by atoms with Gasteiger partial charge in [0.1, 0.15) is 0 Å². The van der Waals surface area contributed by atoms with Gasteiger partial charge < -0.3 is 9.84 Å². The zero-order valence-electron chi connectivity index (χ0n) is 8.01. The second-order valence-corrected chi connectivity index (χ2v) is 4.61. The van der Waals surface area contributed by atoms with E-state index in [-0.39, 0.29) is 23.4 Å². The lowest BCUT2D eigenvalue weighted by molar-refractivity contribution is -0.152. The number of fused-ring (bicyclic) bond motifs is 2. The third-order valence-electron chi connectivity index (χ3n) is 3.93. The molecule has 2 rings (SSSR count). The molecule has 0 aromatic carbocycles. The Bertz CT molecular complexity index is 226. The lowest BCUT2D eigenvalue weighted by Gasteiger charge is -2.24. The van der Waals surface area contributed by atoms with Crippen LogP contribution in [0.25, 0.3) is 0 Å². The Morgan fingerprint density at radius 3 is 2.38 bits per heavy atom. The number of carbonyl (C=O) groups is 1. The molecule has 0 atom stereocenters. The van der Waals surface area contributed by atoms with E-state index in [1.54, 1.807) is 0 Å². The molecule has 0 amide bonds. The first-order valence-electron chi connectivity index (χ1n) is 4.86. The van der Waals surface area contributed by atoms with Gasteiger partial charge in [0.2, 0.25) is 0 Å². The van der Waals surface area contributed by atoms with Crippen LogP contribution in [0.15, 0.2) is 0 Å². The van der Waals surface area contributed by atoms with Gasteiger partial charge in [-0.05, 0) is 37.5 Å². The number of methoxy groups -OCH3 is 1. The first kappa shape index (κ1) is 9.00. The molecular weight excluding hydrogens is 168 g/mol. The molecule has 0 aromatic rings. The van der Waals surface area contributed by atoms with Crippen molar-refractivity contribution in [2.24, 2.45) is 10.8 Å². The van der Waals surface area contributed by atoms with Crippen LogP contribution in [0.2, 0.25) is 0 Å². The topological polar surface area (TPSA) is 46.5 Å². The van der Waals surface area contributed by atoms with E-state index in [9.17, 15) is 9.90 Å². The molecule has 2 fully saturated rings. The molecule has 3 nitrogen and oxygen atoms in total. The Morgan fingerprint density at radius 2 is 2.00 bits per heavy atom. The summed E-state index contributed by atoms with van der Waals surface area (Å²) in [5.41, 5.74) is -0.189. The molecule has 0 aliphatic heterocycles. The fourth-order valence-corrected chi connectivity index (χ4v) is 3.04. The molecular formula is C10H16O3. The molecule has 2 saturated carbocycles. The van der Waals surface area contributed by atoms with Crippen molar-refractivity contribution in [3.05, 3.63) is 0 Å². The maximum Gasteiger partial charge on any atom is 0.311 e. The smallest absolute Gasteiger partial charge is 0.311 e. The third kappa shape index (κ3) is 1.10. The number of aliphatic hydroxyl groups is 1. The Balaban J connectivity index is 2.18. The van der Waals surface area contributed by atoms with E-state index in [0.717, 1.165) is 32.1 Å². The summed E-state index contributed by atoms with van der Waals surface area (Å²) in [6.45, 7) is 0.228. The van der Waals surface area contributed by atoms with Gasteiger partial charge in [-0.15, -0.1) is 0 Å². The standard InChI is InChI=1S/C10H16O3/c1-13-8(12)10-4-2-9(6-10,7-11)3-5-10/h11H,2-7H2,1H3. The van der Waals surface area contributed by atoms with Crippen molar-refractivity contribution >= 4 is 5.97 Å². The highest BCUT2D eigenvalue weighted by Gasteiger charge is 2.58. The minimum absolute atomic E-state index is 0.0498. The highest BCUT2D eigenvalue weighted by molar-refractivity contribution is 5.77. The average Bonchev–Trinajstić information content (AvgIpc) is 2.74. The Hall–Kier alpha value is -0.570. The van der Waals surface area contributed by atoms with Crippen LogP contribution in [0.4, 0.5) is 0 Å². The predicted molar refractivity (Wildman–Crippen MR) is 47.1 cm³/mol. The summed E-state index contributed by atoms with van der Waals surface area (Å²) in [5, 5.41) is 9.26. The maximum atomic E-state index is 11.5. The van der Waals surface area contributed by atoms with Crippen LogP contribution in [0.3, 0.4) is 0 Å². The van der Waals surface area contributed by atoms with Crippen molar-refractivity contribution in [3.8, 4) is 0 Å². The maximum absolute atomic E-state index is 11.5. The van der Waals surface area contributed by atoms with Crippen LogP contribution in [-0.2, 0) is 9.53 Å². The molecule has 13 heavy (non-hydrogen) atoms. The third-order valence-corrected chi connectivity index (χ3v) is 3.93. The number of hydrogen-bond donors (Lipinski definition) is 1. The zero-order valence-corrected chi connectivity index (χ0v) is 8.01. The molecule has 0 spiro atoms. The van der Waals surface area contributed by atoms with Gasteiger partial charge in [-0.3, -0.25) is 4.79 Å². The Kier molecular flexibility index (Phi) is 1.88. The Labute approximate surface area is 78.1 Å². The fraction of sp³-hybridized carbons (Fsp3) is 0.900. The first-order valence-corrected chi connectivity index (χ1v) is 4.86. The fourth-order valence-electron chi connectivity index (χ4n) is 3.04. The summed E-state index contributed by atoms with van der Waals surface area (Å²) in [7, 11) is 1.45. The number of aliphatic hydroxyl groups excluding tert-OH is 1. The zero-order chi connectivity index (χ0) is 9.53. The van der Waals surface area contributed by atoms with Gasteiger partial charge in [-0.1, -0.05) is 0 Å². The van der Waals surface area contributed by atoms with Crippen LogP contribution in [0, 0.1) is 10.8 Å². The molecule has 0 unspecified atom stereocenters. The second-order valence-electron chi connectivity index (χ2n) is 4.61. The molecule has 1 N–H and O–H groups in total. The van der Waals surface area contributed by atoms with Crippen LogP contribution in [0.1, 0.15) is 32.1 Å². The number of carbonyl (C=O) groups excluding carboxylic acids is 1. The van der Waals surface area contributed by atoms with Crippen LogP contribution >= 0.6 is 0 Å². The summed E-state index contributed by atoms with van der Waals surface area (Å²) in [4.78, 5) is 11.5. The molecule has 0 aromatic heterocycles. The first-order chi connectivity index (χ1) is 6.16. The number of hydrogen-bond acceptors (Lipinski definition) is 3. The lowest BCUT2D eigenvalue weighted by Crippen LogP contribution is -2.27. The van der Waals surface area contributed by atoms with Gasteiger partial charge in [0.05, 0.1) is 12.5 Å². The molecule has 3 heteroatoms. The minimum Gasteiger partial charge on any atom is -0.469 e. The van der Waals surface area contributed by atoms with Gasteiger partial charge in [-0.25, -0.2) is 0 Å². The van der Waals surface area contributed by atoms with E-state index in [4.69, 9.17) is 4.74 Å². The van der Waals surface area contributed by atoms with Crippen molar-refractivity contribution in [2.75, 3.05) is 13.7 Å². The van der Waals surface area contributed by atoms with Crippen molar-refractivity contribution in [3.63, 3.8) is 0 Å². The molecule has 0 heterocycles. The van der Waals surface area contributed by atoms with Crippen molar-refractivity contribution < 1.29 is 14.6 Å². The van der Waals surface area contributed by atoms with Crippen LogP contribution in [-0.4, -0.2) is 24.8 Å². The summed E-state index contributed by atoms with van der Waals surface area (Å²) < 4.78 is 4.82. The van der Waals surface area contributed by atoms with Crippen molar-refractivity contribution in [1.29, 1.82) is 0 Å². The molecule has 0 saturated heterocycles. The minimum atomic E-state index is -0.239. The Morgan fingerprint density at radius 1 is 1.38 bits per heavy atom. The SMILES string of the molecule is COC(=O)C12CCC(CO)(CC1)C2. The normalized spacial score (nSPS) is 42.3. The van der Waals surface area contributed by atoms with Gasteiger partial charge in [0.15, 0.2) is 0 Å². The summed E-state index contributed by atoms with van der Waals surface area (Å²) in [5.74, 6) is -0.0691. The van der Waals surface area contributed by atoms with E-state index in [1.807, 2.05) is 0 Å². The summed E-state index contributed by atoms with van der Waals surface area (Å²) in [6.07, 6.45) is 4.61. The highest BCUT2D eigenvalue weighted by Crippen LogP contribution is 2.61. The average molecular weight is 184 g/mol. The van der Waals surface area contributed by atoms with E-state index >= 15 is 0 Å².